The fourth-order valence-corrected chi connectivity index (χ4v) is 2.80. The van der Waals surface area contributed by atoms with Crippen LogP contribution >= 0.6 is 0 Å². The SMILES string of the molecule is Cc1ccc([N+](=O)[O-])c(OCC(=O)N(C)C2CCCCC2)c1. The molecule has 22 heavy (non-hydrogen) atoms. The monoisotopic (exact) mass is 306 g/mol. The molecule has 0 aliphatic heterocycles. The summed E-state index contributed by atoms with van der Waals surface area (Å²) in [6.45, 7) is 1.66. The van der Waals surface area contributed by atoms with Gasteiger partial charge in [0.2, 0.25) is 0 Å². The number of carbonyl (C=O) groups excluding carboxylic acids is 1. The molecule has 0 unspecified atom stereocenters. The third-order valence-corrected chi connectivity index (χ3v) is 4.18. The van der Waals surface area contributed by atoms with Gasteiger partial charge in [-0.1, -0.05) is 25.3 Å². The number of likely N-dealkylation sites (N-methyl/N-ethyl adjacent to an activating group) is 1. The molecule has 1 amide bonds. The molecule has 0 spiro atoms. The molecular formula is C16H22N2O4. The van der Waals surface area contributed by atoms with E-state index >= 15 is 0 Å². The van der Waals surface area contributed by atoms with E-state index in [4.69, 9.17) is 4.74 Å². The maximum atomic E-state index is 12.2. The number of benzene rings is 1. The normalized spacial score (nSPS) is 15.4. The van der Waals surface area contributed by atoms with Gasteiger partial charge in [0.25, 0.3) is 5.91 Å². The molecule has 0 radical (unpaired) electrons. The van der Waals surface area contributed by atoms with Gasteiger partial charge in [0, 0.05) is 19.2 Å². The molecule has 1 aliphatic carbocycles. The summed E-state index contributed by atoms with van der Waals surface area (Å²) in [6, 6.07) is 4.91. The first-order chi connectivity index (χ1) is 10.5. The molecule has 0 heterocycles. The van der Waals surface area contributed by atoms with Crippen LogP contribution in [0.5, 0.6) is 5.75 Å². The van der Waals surface area contributed by atoms with Crippen molar-refractivity contribution in [1.29, 1.82) is 0 Å². The zero-order valence-electron chi connectivity index (χ0n) is 13.1. The molecule has 120 valence electrons. The van der Waals surface area contributed by atoms with E-state index in [9.17, 15) is 14.9 Å². The van der Waals surface area contributed by atoms with Crippen LogP contribution in [0, 0.1) is 17.0 Å². The molecule has 1 fully saturated rings. The number of amides is 1. The van der Waals surface area contributed by atoms with Gasteiger partial charge in [0.1, 0.15) is 0 Å². The number of carbonyl (C=O) groups is 1. The Labute approximate surface area is 130 Å². The van der Waals surface area contributed by atoms with Gasteiger partial charge in [0.15, 0.2) is 12.4 Å². The van der Waals surface area contributed by atoms with Gasteiger partial charge in [-0.25, -0.2) is 0 Å². The fraction of sp³-hybridized carbons (Fsp3) is 0.562. The van der Waals surface area contributed by atoms with Gasteiger partial charge >= 0.3 is 5.69 Å². The molecular weight excluding hydrogens is 284 g/mol. The van der Waals surface area contributed by atoms with E-state index in [1.54, 1.807) is 24.1 Å². The van der Waals surface area contributed by atoms with Crippen LogP contribution in [0.4, 0.5) is 5.69 Å². The van der Waals surface area contributed by atoms with E-state index in [2.05, 4.69) is 0 Å². The van der Waals surface area contributed by atoms with E-state index in [0.29, 0.717) is 0 Å². The lowest BCUT2D eigenvalue weighted by Gasteiger charge is -2.31. The molecule has 0 atom stereocenters. The topological polar surface area (TPSA) is 72.7 Å². The number of nitro benzene ring substituents is 1. The van der Waals surface area contributed by atoms with Gasteiger partial charge in [-0.2, -0.15) is 0 Å². The number of aryl methyl sites for hydroxylation is 1. The molecule has 0 bridgehead atoms. The summed E-state index contributed by atoms with van der Waals surface area (Å²) in [6.07, 6.45) is 5.56. The zero-order chi connectivity index (χ0) is 16.1. The van der Waals surface area contributed by atoms with Crippen LogP contribution in [-0.2, 0) is 4.79 Å². The second kappa shape index (κ2) is 7.24. The zero-order valence-corrected chi connectivity index (χ0v) is 13.1. The standard InChI is InChI=1S/C16H22N2O4/c1-12-8-9-14(18(20)21)15(10-12)22-11-16(19)17(2)13-6-4-3-5-7-13/h8-10,13H,3-7,11H2,1-2H3. The van der Waals surface area contributed by atoms with Crippen molar-refractivity contribution in [2.24, 2.45) is 0 Å². The minimum Gasteiger partial charge on any atom is -0.477 e. The van der Waals surface area contributed by atoms with E-state index in [-0.39, 0.29) is 30.0 Å². The summed E-state index contributed by atoms with van der Waals surface area (Å²) in [5, 5.41) is 11.0. The average molecular weight is 306 g/mol. The van der Waals surface area contributed by atoms with Crippen molar-refractivity contribution in [2.75, 3.05) is 13.7 Å². The lowest BCUT2D eigenvalue weighted by atomic mass is 9.94. The molecule has 0 saturated heterocycles. The second-order valence-electron chi connectivity index (χ2n) is 5.81. The summed E-state index contributed by atoms with van der Waals surface area (Å²) < 4.78 is 5.42. The van der Waals surface area contributed by atoms with E-state index in [1.165, 1.54) is 12.5 Å². The van der Waals surface area contributed by atoms with Crippen molar-refractivity contribution >= 4 is 11.6 Å². The molecule has 1 aliphatic rings. The molecule has 1 saturated carbocycles. The molecule has 2 rings (SSSR count). The first-order valence-electron chi connectivity index (χ1n) is 7.62. The first-order valence-corrected chi connectivity index (χ1v) is 7.62. The molecule has 6 heteroatoms. The Morgan fingerprint density at radius 3 is 2.68 bits per heavy atom. The smallest absolute Gasteiger partial charge is 0.310 e. The predicted molar refractivity (Wildman–Crippen MR) is 83.0 cm³/mol. The number of rotatable bonds is 5. The number of nitro groups is 1. The molecule has 0 aromatic heterocycles. The highest BCUT2D eigenvalue weighted by Gasteiger charge is 2.23. The number of hydrogen-bond donors (Lipinski definition) is 0. The van der Waals surface area contributed by atoms with Crippen LogP contribution in [0.3, 0.4) is 0 Å². The Balaban J connectivity index is 1.98. The van der Waals surface area contributed by atoms with Crippen LogP contribution in [0.15, 0.2) is 18.2 Å². The summed E-state index contributed by atoms with van der Waals surface area (Å²) in [5.41, 5.74) is 0.743. The Hall–Kier alpha value is -2.11. The van der Waals surface area contributed by atoms with Gasteiger partial charge in [0.05, 0.1) is 4.92 Å². The van der Waals surface area contributed by atoms with Crippen molar-refractivity contribution in [1.82, 2.24) is 4.90 Å². The predicted octanol–water partition coefficient (Wildman–Crippen LogP) is 3.07. The van der Waals surface area contributed by atoms with E-state index in [1.807, 2.05) is 6.92 Å². The van der Waals surface area contributed by atoms with Crippen LogP contribution in [0.25, 0.3) is 0 Å². The quantitative estimate of drug-likeness (QED) is 0.619. The van der Waals surface area contributed by atoms with Gasteiger partial charge in [-0.3, -0.25) is 14.9 Å². The Kier molecular flexibility index (Phi) is 5.35. The minimum atomic E-state index is -0.496. The number of hydrogen-bond acceptors (Lipinski definition) is 4. The van der Waals surface area contributed by atoms with Crippen LogP contribution in [0.2, 0.25) is 0 Å². The second-order valence-corrected chi connectivity index (χ2v) is 5.81. The molecule has 6 nitrogen and oxygen atoms in total. The minimum absolute atomic E-state index is 0.112. The van der Waals surface area contributed by atoms with Gasteiger partial charge < -0.3 is 9.64 Å². The Morgan fingerprint density at radius 2 is 2.05 bits per heavy atom. The molecule has 1 aromatic carbocycles. The Morgan fingerprint density at radius 1 is 1.36 bits per heavy atom. The number of ether oxygens (including phenoxy) is 1. The van der Waals surface area contributed by atoms with Crippen molar-refractivity contribution in [3.8, 4) is 5.75 Å². The van der Waals surface area contributed by atoms with Crippen molar-refractivity contribution < 1.29 is 14.5 Å². The van der Waals surface area contributed by atoms with Gasteiger partial charge in [-0.05, 0) is 31.4 Å². The number of nitrogens with zero attached hydrogens (tertiary/aromatic N) is 2. The van der Waals surface area contributed by atoms with Crippen molar-refractivity contribution in [2.45, 2.75) is 45.1 Å². The first kappa shape index (κ1) is 16.3. The van der Waals surface area contributed by atoms with E-state index in [0.717, 1.165) is 31.2 Å². The maximum absolute atomic E-state index is 12.2. The van der Waals surface area contributed by atoms with Crippen LogP contribution in [-0.4, -0.2) is 35.4 Å². The van der Waals surface area contributed by atoms with Crippen LogP contribution < -0.4 is 4.74 Å². The summed E-state index contributed by atoms with van der Waals surface area (Å²) in [5.74, 6) is 0.0121. The highest BCUT2D eigenvalue weighted by atomic mass is 16.6. The third-order valence-electron chi connectivity index (χ3n) is 4.18. The Bertz CT molecular complexity index is 553. The maximum Gasteiger partial charge on any atom is 0.310 e. The van der Waals surface area contributed by atoms with Crippen LogP contribution in [0.1, 0.15) is 37.7 Å². The van der Waals surface area contributed by atoms with Crippen molar-refractivity contribution in [3.05, 3.63) is 33.9 Å². The lowest BCUT2D eigenvalue weighted by Crippen LogP contribution is -2.40. The average Bonchev–Trinajstić information content (AvgIpc) is 2.52. The summed E-state index contributed by atoms with van der Waals surface area (Å²) >= 11 is 0. The van der Waals surface area contributed by atoms with E-state index < -0.39 is 4.92 Å². The highest BCUT2D eigenvalue weighted by molar-refractivity contribution is 5.78. The largest absolute Gasteiger partial charge is 0.477 e. The molecule has 1 aromatic rings. The van der Waals surface area contributed by atoms with Gasteiger partial charge in [-0.15, -0.1) is 0 Å². The van der Waals surface area contributed by atoms with Crippen molar-refractivity contribution in [3.63, 3.8) is 0 Å². The fourth-order valence-electron chi connectivity index (χ4n) is 2.80. The summed E-state index contributed by atoms with van der Waals surface area (Å²) in [7, 11) is 1.78. The summed E-state index contributed by atoms with van der Waals surface area (Å²) in [4.78, 5) is 24.4. The third kappa shape index (κ3) is 3.96. The lowest BCUT2D eigenvalue weighted by molar-refractivity contribution is -0.385. The molecule has 0 N–H and O–H groups in total. The highest BCUT2D eigenvalue weighted by Crippen LogP contribution is 2.28.